The Kier molecular flexibility index (Phi) is 5.87. The maximum atomic E-state index is 13.3. The van der Waals surface area contributed by atoms with Gasteiger partial charge in [0.1, 0.15) is 0 Å². The van der Waals surface area contributed by atoms with Crippen molar-refractivity contribution in [3.63, 3.8) is 0 Å². The zero-order valence-electron chi connectivity index (χ0n) is 15.0. The lowest BCUT2D eigenvalue weighted by Crippen LogP contribution is -2.24. The SMILES string of the molecule is CCN(Cc1ccccc1)c1ccccc1S(=O)(=O)c1ccc(N)c(Br)c1. The molecule has 0 aromatic heterocycles. The molecule has 0 saturated carbocycles. The molecule has 0 aliphatic carbocycles. The van der Waals surface area contributed by atoms with Gasteiger partial charge < -0.3 is 10.6 Å². The Hall–Kier alpha value is -2.31. The number of sulfone groups is 1. The van der Waals surface area contributed by atoms with Crippen LogP contribution in [0.2, 0.25) is 0 Å². The van der Waals surface area contributed by atoms with Crippen LogP contribution in [0.3, 0.4) is 0 Å². The van der Waals surface area contributed by atoms with Gasteiger partial charge in [-0.2, -0.15) is 0 Å². The summed E-state index contributed by atoms with van der Waals surface area (Å²) in [5.41, 5.74) is 8.13. The van der Waals surface area contributed by atoms with Gasteiger partial charge in [-0.1, -0.05) is 42.5 Å². The van der Waals surface area contributed by atoms with Crippen molar-refractivity contribution in [1.82, 2.24) is 0 Å². The quantitative estimate of drug-likeness (QED) is 0.549. The minimum atomic E-state index is -3.68. The Morgan fingerprint density at radius 2 is 1.63 bits per heavy atom. The topological polar surface area (TPSA) is 63.4 Å². The largest absolute Gasteiger partial charge is 0.398 e. The summed E-state index contributed by atoms with van der Waals surface area (Å²) in [6.45, 7) is 3.34. The first-order valence-corrected chi connectivity index (χ1v) is 10.9. The lowest BCUT2D eigenvalue weighted by Gasteiger charge is -2.26. The molecule has 0 spiro atoms. The molecule has 3 aromatic carbocycles. The fourth-order valence-electron chi connectivity index (χ4n) is 2.92. The third-order valence-electron chi connectivity index (χ3n) is 4.38. The molecule has 0 aliphatic heterocycles. The summed E-state index contributed by atoms with van der Waals surface area (Å²) in [5.74, 6) is 0. The number of rotatable bonds is 6. The highest BCUT2D eigenvalue weighted by atomic mass is 79.9. The Bertz CT molecular complexity index is 1040. The molecule has 4 nitrogen and oxygen atoms in total. The van der Waals surface area contributed by atoms with E-state index in [4.69, 9.17) is 5.73 Å². The standard InChI is InChI=1S/C21H21BrN2O2S/c1-2-24(15-16-8-4-3-5-9-16)20-10-6-7-11-21(20)27(25,26)17-12-13-19(23)18(22)14-17/h3-14H,2,15,23H2,1H3. The van der Waals surface area contributed by atoms with Gasteiger partial charge >= 0.3 is 0 Å². The van der Waals surface area contributed by atoms with Gasteiger partial charge in [-0.3, -0.25) is 0 Å². The summed E-state index contributed by atoms with van der Waals surface area (Å²) < 4.78 is 27.2. The van der Waals surface area contributed by atoms with Crippen molar-refractivity contribution in [2.45, 2.75) is 23.3 Å². The van der Waals surface area contributed by atoms with Crippen molar-refractivity contribution in [2.75, 3.05) is 17.2 Å². The number of nitrogens with two attached hydrogens (primary N) is 1. The van der Waals surface area contributed by atoms with Gasteiger partial charge in [0, 0.05) is 23.2 Å². The maximum absolute atomic E-state index is 13.3. The van der Waals surface area contributed by atoms with E-state index < -0.39 is 9.84 Å². The number of halogens is 1. The number of hydrogen-bond acceptors (Lipinski definition) is 4. The van der Waals surface area contributed by atoms with E-state index in [9.17, 15) is 8.42 Å². The van der Waals surface area contributed by atoms with Crippen LogP contribution in [0.25, 0.3) is 0 Å². The normalized spacial score (nSPS) is 11.3. The first kappa shape index (κ1) is 19.5. The molecule has 6 heteroatoms. The molecule has 0 atom stereocenters. The smallest absolute Gasteiger partial charge is 0.208 e. The summed E-state index contributed by atoms with van der Waals surface area (Å²) in [6.07, 6.45) is 0. The second-order valence-corrected chi connectivity index (χ2v) is 8.93. The van der Waals surface area contributed by atoms with Gasteiger partial charge in [0.2, 0.25) is 9.84 Å². The van der Waals surface area contributed by atoms with Gasteiger partial charge in [-0.15, -0.1) is 0 Å². The molecule has 0 unspecified atom stereocenters. The fraction of sp³-hybridized carbons (Fsp3) is 0.143. The molecule has 0 amide bonds. The minimum absolute atomic E-state index is 0.215. The second-order valence-electron chi connectivity index (χ2n) is 6.15. The molecule has 0 saturated heterocycles. The highest BCUT2D eigenvalue weighted by Gasteiger charge is 2.24. The van der Waals surface area contributed by atoms with Crippen LogP contribution in [0.1, 0.15) is 12.5 Å². The van der Waals surface area contributed by atoms with Crippen LogP contribution >= 0.6 is 15.9 Å². The van der Waals surface area contributed by atoms with Gasteiger partial charge in [-0.25, -0.2) is 8.42 Å². The van der Waals surface area contributed by atoms with E-state index in [1.807, 2.05) is 49.4 Å². The van der Waals surface area contributed by atoms with Crippen LogP contribution in [0.15, 0.2) is 87.1 Å². The molecule has 140 valence electrons. The number of benzene rings is 3. The fourth-order valence-corrected chi connectivity index (χ4v) is 4.95. The molecular weight excluding hydrogens is 424 g/mol. The zero-order valence-corrected chi connectivity index (χ0v) is 17.4. The summed E-state index contributed by atoms with van der Waals surface area (Å²) >= 11 is 3.32. The summed E-state index contributed by atoms with van der Waals surface area (Å²) in [4.78, 5) is 2.57. The molecule has 0 fully saturated rings. The number of nitrogen functional groups attached to an aromatic ring is 1. The van der Waals surface area contributed by atoms with Crippen molar-refractivity contribution in [3.05, 3.63) is 82.8 Å². The van der Waals surface area contributed by atoms with E-state index in [0.29, 0.717) is 33.8 Å². The van der Waals surface area contributed by atoms with Gasteiger partial charge in [0.05, 0.1) is 15.5 Å². The summed E-state index contributed by atoms with van der Waals surface area (Å²) in [7, 11) is -3.68. The lowest BCUT2D eigenvalue weighted by atomic mass is 10.2. The minimum Gasteiger partial charge on any atom is -0.398 e. The summed E-state index contributed by atoms with van der Waals surface area (Å²) in [5, 5.41) is 0. The highest BCUT2D eigenvalue weighted by Crippen LogP contribution is 2.33. The van der Waals surface area contributed by atoms with Crippen molar-refractivity contribution in [2.24, 2.45) is 0 Å². The Balaban J connectivity index is 2.05. The second kappa shape index (κ2) is 8.15. The highest BCUT2D eigenvalue weighted by molar-refractivity contribution is 9.10. The van der Waals surface area contributed by atoms with Crippen molar-refractivity contribution >= 4 is 37.1 Å². The van der Waals surface area contributed by atoms with E-state index >= 15 is 0 Å². The number of para-hydroxylation sites is 1. The molecular formula is C21H21BrN2O2S. The first-order valence-electron chi connectivity index (χ1n) is 8.61. The third kappa shape index (κ3) is 4.17. The van der Waals surface area contributed by atoms with Crippen LogP contribution in [0, 0.1) is 0 Å². The predicted octanol–water partition coefficient (Wildman–Crippen LogP) is 4.89. The van der Waals surface area contributed by atoms with Crippen LogP contribution in [0.5, 0.6) is 0 Å². The summed E-state index contributed by atoms with van der Waals surface area (Å²) in [6, 6.07) is 21.8. The van der Waals surface area contributed by atoms with E-state index in [1.54, 1.807) is 30.3 Å². The van der Waals surface area contributed by atoms with Crippen LogP contribution < -0.4 is 10.6 Å². The molecule has 0 radical (unpaired) electrons. The molecule has 27 heavy (non-hydrogen) atoms. The molecule has 0 bridgehead atoms. The number of anilines is 2. The monoisotopic (exact) mass is 444 g/mol. The third-order valence-corrected chi connectivity index (χ3v) is 6.86. The van der Waals surface area contributed by atoms with E-state index in [1.165, 1.54) is 0 Å². The predicted molar refractivity (Wildman–Crippen MR) is 114 cm³/mol. The van der Waals surface area contributed by atoms with Gasteiger partial charge in [-0.05, 0) is 58.7 Å². The van der Waals surface area contributed by atoms with Crippen LogP contribution in [-0.2, 0) is 16.4 Å². The maximum Gasteiger partial charge on any atom is 0.208 e. The Morgan fingerprint density at radius 3 is 2.30 bits per heavy atom. The van der Waals surface area contributed by atoms with Gasteiger partial charge in [0.15, 0.2) is 0 Å². The van der Waals surface area contributed by atoms with E-state index in [2.05, 4.69) is 20.8 Å². The number of hydrogen-bond donors (Lipinski definition) is 1. The Labute approximate surface area is 168 Å². The zero-order chi connectivity index (χ0) is 19.4. The molecule has 3 rings (SSSR count). The number of nitrogens with zero attached hydrogens (tertiary/aromatic N) is 1. The molecule has 2 N–H and O–H groups in total. The van der Waals surface area contributed by atoms with E-state index in [-0.39, 0.29) is 4.90 Å². The average molecular weight is 445 g/mol. The first-order chi connectivity index (χ1) is 12.9. The van der Waals surface area contributed by atoms with Crippen LogP contribution in [0.4, 0.5) is 11.4 Å². The molecule has 0 aliphatic rings. The van der Waals surface area contributed by atoms with Gasteiger partial charge in [0.25, 0.3) is 0 Å². The van der Waals surface area contributed by atoms with E-state index in [0.717, 1.165) is 5.56 Å². The Morgan fingerprint density at radius 1 is 0.963 bits per heavy atom. The van der Waals surface area contributed by atoms with Crippen molar-refractivity contribution in [1.29, 1.82) is 0 Å². The lowest BCUT2D eigenvalue weighted by molar-refractivity contribution is 0.595. The molecule has 0 heterocycles. The van der Waals surface area contributed by atoms with Crippen molar-refractivity contribution < 1.29 is 8.42 Å². The van der Waals surface area contributed by atoms with Crippen molar-refractivity contribution in [3.8, 4) is 0 Å². The molecule has 3 aromatic rings. The van der Waals surface area contributed by atoms with Crippen LogP contribution in [-0.4, -0.2) is 15.0 Å². The average Bonchev–Trinajstić information content (AvgIpc) is 2.69.